The van der Waals surface area contributed by atoms with Crippen LogP contribution in [0.1, 0.15) is 58.7 Å². The van der Waals surface area contributed by atoms with Crippen molar-refractivity contribution in [3.63, 3.8) is 0 Å². The first-order valence-electron chi connectivity index (χ1n) is 14.5. The third-order valence-corrected chi connectivity index (χ3v) is 8.93. The lowest BCUT2D eigenvalue weighted by Gasteiger charge is -2.18. The van der Waals surface area contributed by atoms with Gasteiger partial charge in [-0.1, -0.05) is 70.5 Å². The van der Waals surface area contributed by atoms with Crippen molar-refractivity contribution < 1.29 is 22.7 Å². The van der Waals surface area contributed by atoms with E-state index in [2.05, 4.69) is 26.2 Å². The van der Waals surface area contributed by atoms with Gasteiger partial charge in [-0.05, 0) is 73.4 Å². The van der Waals surface area contributed by atoms with Crippen LogP contribution >= 0.6 is 39.1 Å². The van der Waals surface area contributed by atoms with Gasteiger partial charge in [0.2, 0.25) is 15.9 Å². The van der Waals surface area contributed by atoms with E-state index in [0.717, 1.165) is 43.9 Å². The molecule has 14 heteroatoms. The summed E-state index contributed by atoms with van der Waals surface area (Å²) in [5.41, 5.74) is 1.42. The SMILES string of the molecule is COc1ccc(C(=O)NS(C)(=O)=O)cc1NC(=O)C(Br)c1nc2ccccc2c(=O)n1CCCCCCCc1cc(Cl)cc(Cl)c1. The number of hydrogen-bond acceptors (Lipinski definition) is 7. The van der Waals surface area contributed by atoms with Crippen LogP contribution in [0.5, 0.6) is 5.75 Å². The number of nitrogens with one attached hydrogen (secondary N) is 2. The minimum Gasteiger partial charge on any atom is -0.495 e. The van der Waals surface area contributed by atoms with Gasteiger partial charge in [0.05, 0.1) is 30.0 Å². The summed E-state index contributed by atoms with van der Waals surface area (Å²) in [5.74, 6) is -0.971. The van der Waals surface area contributed by atoms with E-state index in [1.807, 2.05) is 16.9 Å². The highest BCUT2D eigenvalue weighted by Crippen LogP contribution is 2.30. The topological polar surface area (TPSA) is 136 Å². The lowest BCUT2D eigenvalue weighted by Crippen LogP contribution is -2.30. The molecule has 4 aromatic rings. The maximum atomic E-state index is 13.6. The molecule has 0 bridgehead atoms. The average molecular weight is 753 g/mol. The van der Waals surface area contributed by atoms with Crippen molar-refractivity contribution in [2.24, 2.45) is 0 Å². The number of aromatic nitrogens is 2. The van der Waals surface area contributed by atoms with E-state index < -0.39 is 26.7 Å². The minimum atomic E-state index is -3.80. The second kappa shape index (κ2) is 15.9. The molecule has 1 atom stereocenters. The summed E-state index contributed by atoms with van der Waals surface area (Å²) in [5, 5.41) is 4.40. The number of amides is 2. The van der Waals surface area contributed by atoms with Crippen LogP contribution in [0.15, 0.2) is 65.5 Å². The zero-order valence-electron chi connectivity index (χ0n) is 25.2. The molecule has 4 rings (SSSR count). The Balaban J connectivity index is 1.47. The monoisotopic (exact) mass is 750 g/mol. The molecule has 3 aromatic carbocycles. The largest absolute Gasteiger partial charge is 0.495 e. The number of fused-ring (bicyclic) bond motifs is 1. The summed E-state index contributed by atoms with van der Waals surface area (Å²) in [6.45, 7) is 0.357. The fourth-order valence-corrected chi connectivity index (χ4v) is 6.46. The molecule has 0 saturated heterocycles. The summed E-state index contributed by atoms with van der Waals surface area (Å²) in [4.78, 5) is 43.1. The highest BCUT2D eigenvalue weighted by Gasteiger charge is 2.26. The molecule has 0 aliphatic rings. The number of rotatable bonds is 14. The van der Waals surface area contributed by atoms with E-state index in [-0.39, 0.29) is 28.4 Å². The van der Waals surface area contributed by atoms with Crippen molar-refractivity contribution in [3.05, 3.63) is 98.0 Å². The lowest BCUT2D eigenvalue weighted by molar-refractivity contribution is -0.115. The Morgan fingerprint density at radius 2 is 1.65 bits per heavy atom. The number of sulfonamides is 1. The predicted molar refractivity (Wildman–Crippen MR) is 185 cm³/mol. The van der Waals surface area contributed by atoms with E-state index in [4.69, 9.17) is 27.9 Å². The molecular formula is C32H33BrCl2N4O6S. The number of alkyl halides is 1. The Morgan fingerprint density at radius 1 is 0.978 bits per heavy atom. The van der Waals surface area contributed by atoms with Crippen molar-refractivity contribution in [3.8, 4) is 5.75 Å². The van der Waals surface area contributed by atoms with Gasteiger partial charge in [0.25, 0.3) is 11.5 Å². The number of methoxy groups -OCH3 is 1. The molecule has 0 spiro atoms. The molecular weight excluding hydrogens is 719 g/mol. The molecule has 0 aliphatic carbocycles. The van der Waals surface area contributed by atoms with Gasteiger partial charge in [0.1, 0.15) is 11.6 Å². The Hall–Kier alpha value is -3.45. The Labute approximate surface area is 285 Å². The molecule has 46 heavy (non-hydrogen) atoms. The van der Waals surface area contributed by atoms with E-state index in [9.17, 15) is 22.8 Å². The van der Waals surface area contributed by atoms with Crippen LogP contribution in [0, 0.1) is 0 Å². The molecule has 1 aromatic heterocycles. The molecule has 244 valence electrons. The van der Waals surface area contributed by atoms with Crippen LogP contribution in [0.25, 0.3) is 10.9 Å². The number of hydrogen-bond donors (Lipinski definition) is 2. The highest BCUT2D eigenvalue weighted by molar-refractivity contribution is 9.09. The van der Waals surface area contributed by atoms with Crippen molar-refractivity contribution in [2.75, 3.05) is 18.7 Å². The number of carbonyl (C=O) groups excluding carboxylic acids is 2. The zero-order chi connectivity index (χ0) is 33.4. The molecule has 2 N–H and O–H groups in total. The summed E-state index contributed by atoms with van der Waals surface area (Å²) < 4.78 is 31.8. The molecule has 1 unspecified atom stereocenters. The minimum absolute atomic E-state index is 0.00949. The van der Waals surface area contributed by atoms with Gasteiger partial charge in [-0.25, -0.2) is 18.1 Å². The first kappa shape index (κ1) is 35.4. The van der Waals surface area contributed by atoms with Gasteiger partial charge >= 0.3 is 0 Å². The molecule has 10 nitrogen and oxygen atoms in total. The van der Waals surface area contributed by atoms with E-state index in [1.54, 1.807) is 30.3 Å². The molecule has 0 fully saturated rings. The third-order valence-electron chi connectivity index (χ3n) is 7.12. The summed E-state index contributed by atoms with van der Waals surface area (Å²) in [6, 6.07) is 16.6. The van der Waals surface area contributed by atoms with E-state index >= 15 is 0 Å². The van der Waals surface area contributed by atoms with Gasteiger partial charge < -0.3 is 10.1 Å². The number of aryl methyl sites for hydroxylation is 1. The van der Waals surface area contributed by atoms with Gasteiger partial charge in [-0.15, -0.1) is 0 Å². The lowest BCUT2D eigenvalue weighted by atomic mass is 10.1. The number of halogens is 3. The Kier molecular flexibility index (Phi) is 12.2. The number of anilines is 1. The molecule has 0 radical (unpaired) electrons. The molecule has 2 amide bonds. The van der Waals surface area contributed by atoms with Crippen molar-refractivity contribution in [1.29, 1.82) is 0 Å². The number of para-hydroxylation sites is 1. The summed E-state index contributed by atoms with van der Waals surface area (Å²) in [7, 11) is -2.41. The normalized spacial score (nSPS) is 12.1. The maximum Gasteiger partial charge on any atom is 0.264 e. The second-order valence-corrected chi connectivity index (χ2v) is 14.2. The second-order valence-electron chi connectivity index (χ2n) is 10.7. The van der Waals surface area contributed by atoms with Crippen LogP contribution in [-0.4, -0.2) is 43.1 Å². The number of unbranched alkanes of at least 4 members (excludes halogenated alkanes) is 4. The zero-order valence-corrected chi connectivity index (χ0v) is 29.1. The van der Waals surface area contributed by atoms with Gasteiger partial charge in [0, 0.05) is 22.2 Å². The molecule has 1 heterocycles. The van der Waals surface area contributed by atoms with Gasteiger partial charge in [-0.2, -0.15) is 0 Å². The average Bonchev–Trinajstić information content (AvgIpc) is 2.99. The van der Waals surface area contributed by atoms with E-state index in [0.29, 0.717) is 33.9 Å². The fourth-order valence-electron chi connectivity index (χ4n) is 4.97. The Bertz CT molecular complexity index is 1900. The highest BCUT2D eigenvalue weighted by atomic mass is 79.9. The molecule has 0 aliphatic heterocycles. The fraction of sp³-hybridized carbons (Fsp3) is 0.312. The number of ether oxygens (including phenoxy) is 1. The van der Waals surface area contributed by atoms with Crippen molar-refractivity contribution in [2.45, 2.75) is 49.9 Å². The van der Waals surface area contributed by atoms with Crippen molar-refractivity contribution >= 4 is 77.6 Å². The summed E-state index contributed by atoms with van der Waals surface area (Å²) >= 11 is 15.6. The smallest absolute Gasteiger partial charge is 0.264 e. The van der Waals surface area contributed by atoms with Crippen LogP contribution in [0.3, 0.4) is 0 Å². The van der Waals surface area contributed by atoms with Crippen LogP contribution in [0.4, 0.5) is 5.69 Å². The number of carbonyl (C=O) groups is 2. The van der Waals surface area contributed by atoms with E-state index in [1.165, 1.54) is 29.9 Å². The van der Waals surface area contributed by atoms with Gasteiger partial charge in [0.15, 0.2) is 4.83 Å². The maximum absolute atomic E-state index is 13.6. The van der Waals surface area contributed by atoms with Crippen LogP contribution in [0.2, 0.25) is 10.0 Å². The van der Waals surface area contributed by atoms with Crippen molar-refractivity contribution in [1.82, 2.24) is 14.3 Å². The quantitative estimate of drug-likeness (QED) is 0.109. The number of nitrogens with zero attached hydrogens (tertiary/aromatic N) is 2. The van der Waals surface area contributed by atoms with Crippen LogP contribution < -0.4 is 20.3 Å². The third kappa shape index (κ3) is 9.54. The summed E-state index contributed by atoms with van der Waals surface area (Å²) in [6.07, 6.45) is 6.23. The Morgan fingerprint density at radius 3 is 2.35 bits per heavy atom. The first-order chi connectivity index (χ1) is 21.9. The standard InChI is InChI=1S/C32H33BrCl2N4O6S/c1-45-27-14-13-21(30(40)38-46(2,43)44)18-26(27)37-31(41)28(33)29-36-25-12-8-7-11-24(25)32(42)39(29)15-9-5-3-4-6-10-20-16-22(34)19-23(35)17-20/h7-8,11-14,16-19,28H,3-6,9-10,15H2,1-2H3,(H,37,41)(H,38,40). The molecule has 0 saturated carbocycles. The number of benzene rings is 3. The predicted octanol–water partition coefficient (Wildman–Crippen LogP) is 6.67. The first-order valence-corrected chi connectivity index (χ1v) is 18.0. The van der Waals surface area contributed by atoms with Crippen LogP contribution in [-0.2, 0) is 27.8 Å². The van der Waals surface area contributed by atoms with Gasteiger partial charge in [-0.3, -0.25) is 19.0 Å².